The van der Waals surface area contributed by atoms with Gasteiger partial charge in [-0.3, -0.25) is 9.59 Å². The first-order chi connectivity index (χ1) is 14.5. The number of rotatable bonds is 5. The zero-order chi connectivity index (χ0) is 21.1. The maximum atomic E-state index is 12.7. The van der Waals surface area contributed by atoms with Crippen molar-refractivity contribution in [3.05, 3.63) is 93.9 Å². The third-order valence-corrected chi connectivity index (χ3v) is 5.67. The average molecular weight is 438 g/mol. The first-order valence-corrected chi connectivity index (χ1v) is 10.2. The Balaban J connectivity index is 1.46. The molecule has 150 valence electrons. The van der Waals surface area contributed by atoms with Crippen LogP contribution in [0, 0.1) is 0 Å². The summed E-state index contributed by atoms with van der Waals surface area (Å²) in [4.78, 5) is 26.4. The molecule has 0 aliphatic carbocycles. The maximum absolute atomic E-state index is 12.7. The van der Waals surface area contributed by atoms with Gasteiger partial charge in [0.2, 0.25) is 0 Å². The number of hydrogen-bond donors (Lipinski definition) is 1. The van der Waals surface area contributed by atoms with Gasteiger partial charge < -0.3 is 9.84 Å². The third-order valence-electron chi connectivity index (χ3n) is 4.43. The smallest absolute Gasteiger partial charge is 0.298 e. The lowest BCUT2D eigenvalue weighted by molar-refractivity contribution is -0.113. The van der Waals surface area contributed by atoms with E-state index in [1.54, 1.807) is 18.2 Å². The van der Waals surface area contributed by atoms with Crippen LogP contribution in [-0.4, -0.2) is 16.3 Å². The molecule has 4 rings (SSSR count). The summed E-state index contributed by atoms with van der Waals surface area (Å²) in [6, 6.07) is 20.6. The van der Waals surface area contributed by atoms with Crippen molar-refractivity contribution in [1.29, 1.82) is 0 Å². The Bertz CT molecular complexity index is 1130. The summed E-state index contributed by atoms with van der Waals surface area (Å²) in [7, 11) is 0. The minimum atomic E-state index is -0.394. The molecule has 1 heterocycles. The lowest BCUT2D eigenvalue weighted by Gasteiger charge is -2.12. The molecule has 0 atom stereocenters. The van der Waals surface area contributed by atoms with Crippen LogP contribution in [-0.2, 0) is 11.4 Å². The summed E-state index contributed by atoms with van der Waals surface area (Å²) < 4.78 is 5.76. The number of phenols is 1. The molecule has 0 saturated carbocycles. The summed E-state index contributed by atoms with van der Waals surface area (Å²) >= 11 is 7.01. The number of amides is 2. The van der Waals surface area contributed by atoms with Gasteiger partial charge in [-0.05, 0) is 65.9 Å². The Morgan fingerprint density at radius 2 is 1.67 bits per heavy atom. The van der Waals surface area contributed by atoms with E-state index in [1.807, 2.05) is 36.4 Å². The van der Waals surface area contributed by atoms with E-state index in [0.717, 1.165) is 27.8 Å². The molecule has 1 aliphatic rings. The molecule has 0 bridgehead atoms. The number of phenolic OH excluding ortho intramolecular Hbond substituents is 1. The summed E-state index contributed by atoms with van der Waals surface area (Å²) in [5, 5.41) is 9.67. The fourth-order valence-corrected chi connectivity index (χ4v) is 3.91. The number of aromatic hydroxyl groups is 1. The summed E-state index contributed by atoms with van der Waals surface area (Å²) in [6.45, 7) is 0.352. The minimum Gasteiger partial charge on any atom is -0.508 e. The molecule has 2 amide bonds. The quantitative estimate of drug-likeness (QED) is 0.506. The van der Waals surface area contributed by atoms with Crippen molar-refractivity contribution >= 4 is 46.3 Å². The highest BCUT2D eigenvalue weighted by Gasteiger charge is 2.36. The zero-order valence-electron chi connectivity index (χ0n) is 15.6. The number of imide groups is 1. The molecule has 0 unspecified atom stereocenters. The van der Waals surface area contributed by atoms with Crippen LogP contribution >= 0.6 is 23.4 Å². The lowest BCUT2D eigenvalue weighted by Crippen LogP contribution is -2.27. The van der Waals surface area contributed by atoms with E-state index in [1.165, 1.54) is 24.3 Å². The third kappa shape index (κ3) is 4.35. The predicted molar refractivity (Wildman–Crippen MR) is 119 cm³/mol. The normalized spacial score (nSPS) is 15.1. The fourth-order valence-electron chi connectivity index (χ4n) is 2.88. The van der Waals surface area contributed by atoms with Gasteiger partial charge in [0, 0.05) is 10.6 Å². The van der Waals surface area contributed by atoms with Crippen LogP contribution in [0.5, 0.6) is 11.5 Å². The van der Waals surface area contributed by atoms with E-state index in [2.05, 4.69) is 0 Å². The van der Waals surface area contributed by atoms with Gasteiger partial charge in [0.15, 0.2) is 0 Å². The molecule has 30 heavy (non-hydrogen) atoms. The summed E-state index contributed by atoms with van der Waals surface area (Å²) in [6.07, 6.45) is 1.67. The molecule has 1 saturated heterocycles. The van der Waals surface area contributed by atoms with E-state index in [-0.39, 0.29) is 11.0 Å². The van der Waals surface area contributed by atoms with Crippen LogP contribution in [0.2, 0.25) is 5.02 Å². The van der Waals surface area contributed by atoms with Crippen LogP contribution in [0.25, 0.3) is 6.08 Å². The molecule has 0 spiro atoms. The molecule has 3 aromatic rings. The predicted octanol–water partition coefficient (Wildman–Crippen LogP) is 5.87. The topological polar surface area (TPSA) is 66.8 Å². The zero-order valence-corrected chi connectivity index (χ0v) is 17.2. The van der Waals surface area contributed by atoms with E-state index in [9.17, 15) is 14.7 Å². The second kappa shape index (κ2) is 8.65. The molecule has 1 aliphatic heterocycles. The number of thioether (sulfide) groups is 1. The molecule has 1 N–H and O–H groups in total. The number of carbonyl (C=O) groups excluding carboxylic acids is 2. The SMILES string of the molecule is O=C1S/C(=C\c2ccc(OCc3ccccc3Cl)cc2)C(=O)N1c1ccc(O)cc1. The molecular formula is C23H16ClNO4S. The molecule has 1 fully saturated rings. The van der Waals surface area contributed by atoms with Gasteiger partial charge in [0.05, 0.1) is 10.6 Å². The lowest BCUT2D eigenvalue weighted by atomic mass is 10.2. The molecule has 7 heteroatoms. The van der Waals surface area contributed by atoms with Crippen molar-refractivity contribution < 1.29 is 19.4 Å². The van der Waals surface area contributed by atoms with E-state index in [0.29, 0.717) is 28.0 Å². The highest BCUT2D eigenvalue weighted by Crippen LogP contribution is 2.36. The Hall–Kier alpha value is -3.22. The fraction of sp³-hybridized carbons (Fsp3) is 0.0435. The maximum Gasteiger partial charge on any atom is 0.298 e. The van der Waals surface area contributed by atoms with Gasteiger partial charge in [-0.2, -0.15) is 0 Å². The highest BCUT2D eigenvalue weighted by molar-refractivity contribution is 8.19. The van der Waals surface area contributed by atoms with Gasteiger partial charge in [-0.25, -0.2) is 4.90 Å². The second-order valence-electron chi connectivity index (χ2n) is 6.48. The highest BCUT2D eigenvalue weighted by atomic mass is 35.5. The molecule has 0 radical (unpaired) electrons. The Morgan fingerprint density at radius 3 is 2.37 bits per heavy atom. The van der Waals surface area contributed by atoms with Crippen LogP contribution in [0.1, 0.15) is 11.1 Å². The van der Waals surface area contributed by atoms with E-state index >= 15 is 0 Å². The Labute approximate surface area is 182 Å². The number of halogens is 1. The summed E-state index contributed by atoms with van der Waals surface area (Å²) in [5.74, 6) is 0.345. The largest absolute Gasteiger partial charge is 0.508 e. The van der Waals surface area contributed by atoms with Crippen LogP contribution in [0.15, 0.2) is 77.7 Å². The van der Waals surface area contributed by atoms with Crippen LogP contribution in [0.3, 0.4) is 0 Å². The van der Waals surface area contributed by atoms with E-state index in [4.69, 9.17) is 16.3 Å². The summed E-state index contributed by atoms with van der Waals surface area (Å²) in [5.41, 5.74) is 2.09. The number of nitrogens with zero attached hydrogens (tertiary/aromatic N) is 1. The number of benzene rings is 3. The van der Waals surface area contributed by atoms with Crippen molar-refractivity contribution in [2.75, 3.05) is 4.90 Å². The number of ether oxygens (including phenoxy) is 1. The molecule has 0 aromatic heterocycles. The number of carbonyl (C=O) groups is 2. The molecule has 3 aromatic carbocycles. The minimum absolute atomic E-state index is 0.0677. The standard InChI is InChI=1S/C23H16ClNO4S/c24-20-4-2-1-3-16(20)14-29-19-11-5-15(6-12-19)13-21-22(27)25(23(28)30-21)17-7-9-18(26)10-8-17/h1-13,26H,14H2/b21-13-. The number of anilines is 1. The monoisotopic (exact) mass is 437 g/mol. The Kier molecular flexibility index (Phi) is 5.79. The average Bonchev–Trinajstić information content (AvgIpc) is 3.02. The molecule has 5 nitrogen and oxygen atoms in total. The van der Waals surface area contributed by atoms with Crippen molar-refractivity contribution in [2.24, 2.45) is 0 Å². The first-order valence-electron chi connectivity index (χ1n) is 9.04. The van der Waals surface area contributed by atoms with Crippen LogP contribution < -0.4 is 9.64 Å². The van der Waals surface area contributed by atoms with Gasteiger partial charge >= 0.3 is 0 Å². The number of hydrogen-bond acceptors (Lipinski definition) is 5. The van der Waals surface area contributed by atoms with Crippen molar-refractivity contribution in [1.82, 2.24) is 0 Å². The van der Waals surface area contributed by atoms with Crippen LogP contribution in [0.4, 0.5) is 10.5 Å². The first kappa shape index (κ1) is 20.1. The van der Waals surface area contributed by atoms with Gasteiger partial charge in [0.25, 0.3) is 11.1 Å². The Morgan fingerprint density at radius 1 is 0.967 bits per heavy atom. The van der Waals surface area contributed by atoms with Gasteiger partial charge in [-0.15, -0.1) is 0 Å². The second-order valence-corrected chi connectivity index (χ2v) is 7.88. The molecular weight excluding hydrogens is 422 g/mol. The van der Waals surface area contributed by atoms with Crippen molar-refractivity contribution in [3.63, 3.8) is 0 Å². The van der Waals surface area contributed by atoms with Gasteiger partial charge in [-0.1, -0.05) is 41.9 Å². The van der Waals surface area contributed by atoms with Crippen molar-refractivity contribution in [3.8, 4) is 11.5 Å². The van der Waals surface area contributed by atoms with Gasteiger partial charge in [0.1, 0.15) is 18.1 Å². The van der Waals surface area contributed by atoms with E-state index < -0.39 is 5.91 Å². The van der Waals surface area contributed by atoms with Crippen molar-refractivity contribution in [2.45, 2.75) is 6.61 Å².